The van der Waals surface area contributed by atoms with Crippen molar-refractivity contribution >= 4 is 35.9 Å². The summed E-state index contributed by atoms with van der Waals surface area (Å²) in [5, 5.41) is 0. The number of piperazine rings is 2. The van der Waals surface area contributed by atoms with E-state index < -0.39 is 0 Å². The number of hydrogen-bond acceptors (Lipinski definition) is 6. The van der Waals surface area contributed by atoms with Crippen LogP contribution in [0.4, 0.5) is 5.69 Å². The molecule has 0 N–H and O–H groups in total. The maximum absolute atomic E-state index is 12.7. The first-order chi connectivity index (χ1) is 15.6. The van der Waals surface area contributed by atoms with Crippen LogP contribution in [-0.4, -0.2) is 97.5 Å². The normalized spacial score (nSPS) is 21.1. The summed E-state index contributed by atoms with van der Waals surface area (Å²) in [6.07, 6.45) is 3.41. The van der Waals surface area contributed by atoms with Crippen molar-refractivity contribution in [2.75, 3.05) is 63.9 Å². The monoisotopic (exact) mass is 478 g/mol. The lowest BCUT2D eigenvalue weighted by Gasteiger charge is -2.38. The van der Waals surface area contributed by atoms with Crippen molar-refractivity contribution in [1.82, 2.24) is 14.7 Å². The predicted octanol–water partition coefficient (Wildman–Crippen LogP) is 2.02. The van der Waals surface area contributed by atoms with E-state index in [1.54, 1.807) is 9.80 Å². The summed E-state index contributed by atoms with van der Waals surface area (Å²) < 4.78 is 5.35. The van der Waals surface area contributed by atoms with E-state index in [0.717, 1.165) is 70.6 Å². The summed E-state index contributed by atoms with van der Waals surface area (Å²) >= 11 is 0. The first-order valence-corrected chi connectivity index (χ1v) is 11.9. The Kier molecular flexibility index (Phi) is 8.97. The van der Waals surface area contributed by atoms with Crippen LogP contribution in [0.5, 0.6) is 0 Å². The van der Waals surface area contributed by atoms with Crippen LogP contribution in [0.15, 0.2) is 24.3 Å². The Morgan fingerprint density at radius 3 is 2.58 bits per heavy atom. The van der Waals surface area contributed by atoms with Gasteiger partial charge in [-0.15, -0.1) is 12.4 Å². The molecule has 3 heterocycles. The topological polar surface area (TPSA) is 73.4 Å². The number of carbonyl (C=O) groups is 3. The first-order valence-electron chi connectivity index (χ1n) is 11.9. The average molecular weight is 479 g/mol. The van der Waals surface area contributed by atoms with E-state index in [4.69, 9.17) is 4.74 Å². The molecule has 0 spiro atoms. The van der Waals surface area contributed by atoms with Crippen LogP contribution in [0.25, 0.3) is 0 Å². The molecule has 3 aliphatic heterocycles. The first kappa shape index (κ1) is 25.3. The summed E-state index contributed by atoms with van der Waals surface area (Å²) in [6.45, 7) is 8.42. The SMILES string of the molecule is CCCOC(=O)c1ccccc1N1CCN(CCCN2CC(=O)N3CCCC3C2=O)CC1.Cl. The Hall–Kier alpha value is -2.32. The van der Waals surface area contributed by atoms with Gasteiger partial charge in [-0.05, 0) is 44.4 Å². The molecule has 3 fully saturated rings. The van der Waals surface area contributed by atoms with E-state index in [0.29, 0.717) is 18.7 Å². The van der Waals surface area contributed by atoms with Gasteiger partial charge in [0, 0.05) is 39.3 Å². The number of carbonyl (C=O) groups excluding carboxylic acids is 3. The Balaban J connectivity index is 0.00000306. The lowest BCUT2D eigenvalue weighted by molar-refractivity contribution is -0.153. The van der Waals surface area contributed by atoms with Crippen molar-refractivity contribution in [3.63, 3.8) is 0 Å². The van der Waals surface area contributed by atoms with Crippen LogP contribution >= 0.6 is 12.4 Å². The summed E-state index contributed by atoms with van der Waals surface area (Å²) in [6, 6.07) is 7.44. The molecule has 1 aromatic rings. The average Bonchev–Trinajstić information content (AvgIpc) is 3.32. The van der Waals surface area contributed by atoms with E-state index in [9.17, 15) is 14.4 Å². The molecule has 0 saturated carbocycles. The fourth-order valence-electron chi connectivity index (χ4n) is 4.95. The minimum atomic E-state index is -0.258. The minimum absolute atomic E-state index is 0. The van der Waals surface area contributed by atoms with E-state index in [-0.39, 0.29) is 42.8 Å². The Bertz CT molecular complexity index is 844. The van der Waals surface area contributed by atoms with Gasteiger partial charge in [-0.1, -0.05) is 19.1 Å². The maximum atomic E-state index is 12.7. The number of nitrogens with zero attached hydrogens (tertiary/aromatic N) is 4. The molecule has 8 nitrogen and oxygen atoms in total. The fraction of sp³-hybridized carbons (Fsp3) is 0.625. The molecular weight excluding hydrogens is 444 g/mol. The summed E-state index contributed by atoms with van der Waals surface area (Å²) in [5.74, 6) is -0.0400. The van der Waals surface area contributed by atoms with Crippen molar-refractivity contribution in [3.8, 4) is 0 Å². The van der Waals surface area contributed by atoms with Gasteiger partial charge in [-0.2, -0.15) is 0 Å². The number of rotatable bonds is 8. The highest BCUT2D eigenvalue weighted by atomic mass is 35.5. The molecule has 0 bridgehead atoms. The van der Waals surface area contributed by atoms with Crippen molar-refractivity contribution in [2.24, 2.45) is 0 Å². The van der Waals surface area contributed by atoms with Crippen molar-refractivity contribution in [2.45, 2.75) is 38.6 Å². The van der Waals surface area contributed by atoms with Gasteiger partial charge in [0.1, 0.15) is 6.04 Å². The van der Waals surface area contributed by atoms with Gasteiger partial charge in [-0.25, -0.2) is 4.79 Å². The number of amides is 2. The summed E-state index contributed by atoms with van der Waals surface area (Å²) in [4.78, 5) is 45.5. The van der Waals surface area contributed by atoms with Gasteiger partial charge in [0.2, 0.25) is 11.8 Å². The molecule has 1 atom stereocenters. The van der Waals surface area contributed by atoms with Crippen molar-refractivity contribution in [1.29, 1.82) is 0 Å². The molecule has 3 saturated heterocycles. The Labute approximate surface area is 202 Å². The third-order valence-corrected chi connectivity index (χ3v) is 6.67. The van der Waals surface area contributed by atoms with E-state index in [1.165, 1.54) is 0 Å². The number of hydrogen-bond donors (Lipinski definition) is 0. The quantitative estimate of drug-likeness (QED) is 0.532. The molecule has 3 aliphatic rings. The second kappa shape index (κ2) is 11.7. The van der Waals surface area contributed by atoms with Crippen molar-refractivity contribution in [3.05, 3.63) is 29.8 Å². The van der Waals surface area contributed by atoms with Crippen LogP contribution in [0.3, 0.4) is 0 Å². The zero-order valence-electron chi connectivity index (χ0n) is 19.4. The number of anilines is 1. The van der Waals surface area contributed by atoms with Crippen LogP contribution < -0.4 is 4.90 Å². The molecular formula is C24H35ClN4O4. The van der Waals surface area contributed by atoms with E-state index in [1.807, 2.05) is 31.2 Å². The number of ether oxygens (including phenoxy) is 1. The molecule has 33 heavy (non-hydrogen) atoms. The fourth-order valence-corrected chi connectivity index (χ4v) is 4.95. The Morgan fingerprint density at radius 1 is 1.06 bits per heavy atom. The molecule has 0 aliphatic carbocycles. The van der Waals surface area contributed by atoms with Gasteiger partial charge in [0.05, 0.1) is 24.4 Å². The smallest absolute Gasteiger partial charge is 0.340 e. The molecule has 1 unspecified atom stereocenters. The molecule has 1 aromatic carbocycles. The number of benzene rings is 1. The molecule has 0 aromatic heterocycles. The second-order valence-electron chi connectivity index (χ2n) is 8.84. The van der Waals surface area contributed by atoms with E-state index >= 15 is 0 Å². The summed E-state index contributed by atoms with van der Waals surface area (Å²) in [5.41, 5.74) is 1.57. The van der Waals surface area contributed by atoms with Crippen molar-refractivity contribution < 1.29 is 19.1 Å². The third-order valence-electron chi connectivity index (χ3n) is 6.67. The molecule has 4 rings (SSSR count). The zero-order chi connectivity index (χ0) is 22.5. The third kappa shape index (κ3) is 5.79. The van der Waals surface area contributed by atoms with Crippen LogP contribution in [0.1, 0.15) is 43.0 Å². The Morgan fingerprint density at radius 2 is 1.82 bits per heavy atom. The van der Waals surface area contributed by atoms with Gasteiger partial charge in [-0.3, -0.25) is 14.5 Å². The van der Waals surface area contributed by atoms with Crippen LogP contribution in [0, 0.1) is 0 Å². The molecule has 2 amide bonds. The highest BCUT2D eigenvalue weighted by Crippen LogP contribution is 2.25. The van der Waals surface area contributed by atoms with Gasteiger partial charge >= 0.3 is 5.97 Å². The standard InChI is InChI=1S/C24H34N4O4.ClH/c1-2-17-32-24(31)19-7-3-4-8-20(19)26-15-13-25(14-16-26)10-6-11-27-18-22(29)28-12-5-9-21(28)23(27)30;/h3-4,7-8,21H,2,5-6,9-18H2,1H3;1H. The van der Waals surface area contributed by atoms with Gasteiger partial charge < -0.3 is 19.4 Å². The molecule has 0 radical (unpaired) electrons. The lowest BCUT2D eigenvalue weighted by atomic mass is 10.1. The van der Waals surface area contributed by atoms with Crippen LogP contribution in [0.2, 0.25) is 0 Å². The zero-order valence-corrected chi connectivity index (χ0v) is 20.2. The number of halogens is 1. The minimum Gasteiger partial charge on any atom is -0.462 e. The largest absolute Gasteiger partial charge is 0.462 e. The van der Waals surface area contributed by atoms with Gasteiger partial charge in [0.25, 0.3) is 0 Å². The highest BCUT2D eigenvalue weighted by molar-refractivity contribution is 5.96. The lowest BCUT2D eigenvalue weighted by Crippen LogP contribution is -2.57. The number of para-hydroxylation sites is 1. The number of fused-ring (bicyclic) bond motifs is 1. The molecule has 9 heteroatoms. The maximum Gasteiger partial charge on any atom is 0.340 e. The second-order valence-corrected chi connectivity index (χ2v) is 8.84. The van der Waals surface area contributed by atoms with E-state index in [2.05, 4.69) is 9.80 Å². The van der Waals surface area contributed by atoms with Crippen LogP contribution in [-0.2, 0) is 14.3 Å². The predicted molar refractivity (Wildman–Crippen MR) is 129 cm³/mol. The summed E-state index contributed by atoms with van der Waals surface area (Å²) in [7, 11) is 0. The molecule has 182 valence electrons. The van der Waals surface area contributed by atoms with Gasteiger partial charge in [0.15, 0.2) is 0 Å². The number of esters is 1. The highest BCUT2D eigenvalue weighted by Gasteiger charge is 2.41.